The van der Waals surface area contributed by atoms with Gasteiger partial charge in [-0.05, 0) is 37.4 Å². The first-order chi connectivity index (χ1) is 10.6. The normalized spacial score (nSPS) is 22.7. The summed E-state index contributed by atoms with van der Waals surface area (Å²) in [6, 6.07) is 8.73. The Balaban J connectivity index is 1.67. The molecule has 118 valence electrons. The Labute approximate surface area is 131 Å². The van der Waals surface area contributed by atoms with E-state index in [2.05, 4.69) is 41.4 Å². The van der Waals surface area contributed by atoms with Crippen molar-refractivity contribution in [2.75, 3.05) is 32.7 Å². The van der Waals surface area contributed by atoms with Crippen LogP contribution in [0.25, 0.3) is 0 Å². The van der Waals surface area contributed by atoms with E-state index < -0.39 is 0 Å². The molecule has 2 heterocycles. The summed E-state index contributed by atoms with van der Waals surface area (Å²) in [6.45, 7) is 4.86. The Kier molecular flexibility index (Phi) is 4.43. The summed E-state index contributed by atoms with van der Waals surface area (Å²) in [6.07, 6.45) is 2.21. The van der Waals surface area contributed by atoms with Gasteiger partial charge in [0.1, 0.15) is 0 Å². The lowest BCUT2D eigenvalue weighted by Crippen LogP contribution is -2.52. The fourth-order valence-electron chi connectivity index (χ4n) is 3.45. The van der Waals surface area contributed by atoms with Gasteiger partial charge in [0.25, 0.3) is 0 Å². The SMILES string of the molecule is Cc1ccccc1[C@H]1CCCN1CC(=O)N1CCNC(=O)C1. The summed E-state index contributed by atoms with van der Waals surface area (Å²) in [7, 11) is 0. The van der Waals surface area contributed by atoms with Crippen LogP contribution in [0.3, 0.4) is 0 Å². The predicted octanol–water partition coefficient (Wildman–Crippen LogP) is 1.09. The first kappa shape index (κ1) is 15.0. The quantitative estimate of drug-likeness (QED) is 0.909. The third kappa shape index (κ3) is 3.14. The number of nitrogens with zero attached hydrogens (tertiary/aromatic N) is 2. The Bertz CT molecular complexity index is 573. The van der Waals surface area contributed by atoms with Gasteiger partial charge in [-0.2, -0.15) is 0 Å². The number of hydrogen-bond acceptors (Lipinski definition) is 3. The first-order valence-electron chi connectivity index (χ1n) is 7.99. The average Bonchev–Trinajstić information content (AvgIpc) is 2.95. The molecule has 2 aliphatic rings. The van der Waals surface area contributed by atoms with Crippen LogP contribution in [0.5, 0.6) is 0 Å². The van der Waals surface area contributed by atoms with Crippen molar-refractivity contribution in [1.29, 1.82) is 0 Å². The predicted molar refractivity (Wildman–Crippen MR) is 84.3 cm³/mol. The van der Waals surface area contributed by atoms with E-state index in [9.17, 15) is 9.59 Å². The molecule has 0 radical (unpaired) electrons. The highest BCUT2D eigenvalue weighted by Crippen LogP contribution is 2.33. The van der Waals surface area contributed by atoms with Crippen molar-refractivity contribution in [3.05, 3.63) is 35.4 Å². The first-order valence-corrected chi connectivity index (χ1v) is 7.99. The molecule has 1 aromatic carbocycles. The summed E-state index contributed by atoms with van der Waals surface area (Å²) in [5, 5.41) is 2.76. The fourth-order valence-corrected chi connectivity index (χ4v) is 3.45. The van der Waals surface area contributed by atoms with Crippen LogP contribution in [0, 0.1) is 6.92 Å². The van der Waals surface area contributed by atoms with E-state index in [-0.39, 0.29) is 18.4 Å². The molecule has 0 spiro atoms. The van der Waals surface area contributed by atoms with Crippen molar-refractivity contribution < 1.29 is 9.59 Å². The molecule has 0 aromatic heterocycles. The van der Waals surface area contributed by atoms with Crippen molar-refractivity contribution in [3.63, 3.8) is 0 Å². The zero-order valence-corrected chi connectivity index (χ0v) is 13.0. The molecule has 1 atom stereocenters. The van der Waals surface area contributed by atoms with Crippen LogP contribution in [0.4, 0.5) is 0 Å². The second-order valence-electron chi connectivity index (χ2n) is 6.15. The van der Waals surface area contributed by atoms with E-state index in [1.165, 1.54) is 11.1 Å². The summed E-state index contributed by atoms with van der Waals surface area (Å²) in [5.41, 5.74) is 2.60. The second-order valence-corrected chi connectivity index (χ2v) is 6.15. The van der Waals surface area contributed by atoms with Gasteiger partial charge in [0, 0.05) is 19.1 Å². The van der Waals surface area contributed by atoms with Crippen molar-refractivity contribution in [2.45, 2.75) is 25.8 Å². The third-order valence-corrected chi connectivity index (χ3v) is 4.64. The molecular weight excluding hydrogens is 278 g/mol. The number of piperazine rings is 1. The Morgan fingerprint density at radius 1 is 1.32 bits per heavy atom. The lowest BCUT2D eigenvalue weighted by atomic mass is 9.99. The van der Waals surface area contributed by atoms with Gasteiger partial charge in [-0.1, -0.05) is 24.3 Å². The molecule has 0 bridgehead atoms. The monoisotopic (exact) mass is 301 g/mol. The molecule has 5 nitrogen and oxygen atoms in total. The number of rotatable bonds is 3. The van der Waals surface area contributed by atoms with Crippen molar-refractivity contribution >= 4 is 11.8 Å². The molecule has 5 heteroatoms. The Hall–Kier alpha value is -1.88. The molecule has 22 heavy (non-hydrogen) atoms. The van der Waals surface area contributed by atoms with Crippen LogP contribution in [0.1, 0.15) is 30.0 Å². The maximum absolute atomic E-state index is 12.5. The zero-order valence-electron chi connectivity index (χ0n) is 13.0. The highest BCUT2D eigenvalue weighted by Gasteiger charge is 2.30. The molecule has 2 fully saturated rings. The van der Waals surface area contributed by atoms with Crippen LogP contribution in [0.15, 0.2) is 24.3 Å². The van der Waals surface area contributed by atoms with Gasteiger partial charge in [0.05, 0.1) is 13.1 Å². The number of aryl methyl sites for hydroxylation is 1. The van der Waals surface area contributed by atoms with E-state index in [1.54, 1.807) is 4.90 Å². The molecule has 0 aliphatic carbocycles. The molecule has 0 unspecified atom stereocenters. The zero-order chi connectivity index (χ0) is 15.5. The average molecular weight is 301 g/mol. The Morgan fingerprint density at radius 2 is 2.14 bits per heavy atom. The van der Waals surface area contributed by atoms with Gasteiger partial charge < -0.3 is 10.2 Å². The van der Waals surface area contributed by atoms with E-state index in [1.807, 2.05) is 0 Å². The van der Waals surface area contributed by atoms with Crippen LogP contribution in [-0.2, 0) is 9.59 Å². The number of carbonyl (C=O) groups is 2. The minimum atomic E-state index is -0.0588. The van der Waals surface area contributed by atoms with E-state index >= 15 is 0 Å². The molecule has 1 N–H and O–H groups in total. The maximum Gasteiger partial charge on any atom is 0.239 e. The number of benzene rings is 1. The molecule has 3 rings (SSSR count). The summed E-state index contributed by atoms with van der Waals surface area (Å²) >= 11 is 0. The minimum absolute atomic E-state index is 0.0588. The molecule has 2 amide bonds. The largest absolute Gasteiger partial charge is 0.353 e. The van der Waals surface area contributed by atoms with Gasteiger partial charge in [0.2, 0.25) is 11.8 Å². The summed E-state index contributed by atoms with van der Waals surface area (Å²) < 4.78 is 0. The number of amides is 2. The molecular formula is C17H23N3O2. The minimum Gasteiger partial charge on any atom is -0.353 e. The van der Waals surface area contributed by atoms with E-state index in [4.69, 9.17) is 0 Å². The van der Waals surface area contributed by atoms with Gasteiger partial charge in [-0.25, -0.2) is 0 Å². The lowest BCUT2D eigenvalue weighted by molar-refractivity contribution is -0.139. The molecule has 2 saturated heterocycles. The molecule has 2 aliphatic heterocycles. The second kappa shape index (κ2) is 6.48. The number of likely N-dealkylation sites (tertiary alicyclic amines) is 1. The number of hydrogen-bond donors (Lipinski definition) is 1. The van der Waals surface area contributed by atoms with E-state index in [0.717, 1.165) is 19.4 Å². The van der Waals surface area contributed by atoms with Gasteiger partial charge in [0.15, 0.2) is 0 Å². The highest BCUT2D eigenvalue weighted by molar-refractivity contribution is 5.86. The topological polar surface area (TPSA) is 52.7 Å². The highest BCUT2D eigenvalue weighted by atomic mass is 16.2. The van der Waals surface area contributed by atoms with Crippen LogP contribution >= 0.6 is 0 Å². The fraction of sp³-hybridized carbons (Fsp3) is 0.529. The molecule has 0 saturated carbocycles. The standard InChI is InChI=1S/C17H23N3O2/c1-13-5-2-3-6-14(13)15-7-4-9-19(15)12-17(22)20-10-8-18-16(21)11-20/h2-3,5-6,15H,4,7-12H2,1H3,(H,18,21)/t15-/m1/s1. The maximum atomic E-state index is 12.5. The summed E-state index contributed by atoms with van der Waals surface area (Å²) in [4.78, 5) is 27.8. The smallest absolute Gasteiger partial charge is 0.239 e. The van der Waals surface area contributed by atoms with Crippen LogP contribution in [0.2, 0.25) is 0 Å². The van der Waals surface area contributed by atoms with Gasteiger partial charge >= 0.3 is 0 Å². The van der Waals surface area contributed by atoms with Crippen LogP contribution in [-0.4, -0.2) is 54.3 Å². The number of nitrogens with one attached hydrogen (secondary N) is 1. The van der Waals surface area contributed by atoms with Crippen molar-refractivity contribution in [2.24, 2.45) is 0 Å². The van der Waals surface area contributed by atoms with Gasteiger partial charge in [-0.3, -0.25) is 14.5 Å². The number of carbonyl (C=O) groups excluding carboxylic acids is 2. The third-order valence-electron chi connectivity index (χ3n) is 4.64. The molecule has 1 aromatic rings. The summed E-state index contributed by atoms with van der Waals surface area (Å²) in [5.74, 6) is 0.00631. The van der Waals surface area contributed by atoms with Gasteiger partial charge in [-0.15, -0.1) is 0 Å². The Morgan fingerprint density at radius 3 is 2.91 bits per heavy atom. The van der Waals surface area contributed by atoms with Crippen LogP contribution < -0.4 is 5.32 Å². The van der Waals surface area contributed by atoms with Crippen molar-refractivity contribution in [3.8, 4) is 0 Å². The van der Waals surface area contributed by atoms with Crippen molar-refractivity contribution in [1.82, 2.24) is 15.1 Å². The lowest BCUT2D eigenvalue weighted by Gasteiger charge is -2.31. The van der Waals surface area contributed by atoms with E-state index in [0.29, 0.717) is 25.7 Å².